The molecular formula is C44H26. The molecule has 0 spiro atoms. The van der Waals surface area contributed by atoms with Gasteiger partial charge >= 0.3 is 0 Å². The third-order valence-corrected chi connectivity index (χ3v) is 9.78. The van der Waals surface area contributed by atoms with E-state index in [1.807, 2.05) is 0 Å². The monoisotopic (exact) mass is 554 g/mol. The Kier molecular flexibility index (Phi) is 4.81. The minimum atomic E-state index is 1.25. The lowest BCUT2D eigenvalue weighted by molar-refractivity contribution is 1.67. The van der Waals surface area contributed by atoms with Gasteiger partial charge in [0.1, 0.15) is 0 Å². The van der Waals surface area contributed by atoms with Gasteiger partial charge in [0.25, 0.3) is 0 Å². The van der Waals surface area contributed by atoms with Crippen molar-refractivity contribution in [3.63, 3.8) is 0 Å². The first-order chi connectivity index (χ1) is 21.8. The maximum absolute atomic E-state index is 2.40. The zero-order chi connectivity index (χ0) is 28.8. The fourth-order valence-electron chi connectivity index (χ4n) is 7.77. The molecule has 0 amide bonds. The molecule has 0 fully saturated rings. The van der Waals surface area contributed by atoms with Crippen molar-refractivity contribution in [3.8, 4) is 22.3 Å². The highest BCUT2D eigenvalue weighted by Crippen LogP contribution is 2.42. The Hall–Kier alpha value is -5.72. The largest absolute Gasteiger partial charge is 0.0616 e. The summed E-state index contributed by atoms with van der Waals surface area (Å²) in [7, 11) is 0. The summed E-state index contributed by atoms with van der Waals surface area (Å²) in [5, 5.41) is 18.3. The third-order valence-electron chi connectivity index (χ3n) is 9.78. The zero-order valence-electron chi connectivity index (χ0n) is 24.0. The molecule has 0 N–H and O–H groups in total. The molecule has 0 nitrogen and oxygen atoms in total. The Morgan fingerprint density at radius 3 is 1.43 bits per heavy atom. The van der Waals surface area contributed by atoms with Crippen LogP contribution in [0.3, 0.4) is 0 Å². The number of hydrogen-bond donors (Lipinski definition) is 0. The topological polar surface area (TPSA) is 0 Å². The van der Waals surface area contributed by atoms with Gasteiger partial charge < -0.3 is 0 Å². The molecule has 10 rings (SSSR count). The highest BCUT2D eigenvalue weighted by Gasteiger charge is 2.14. The van der Waals surface area contributed by atoms with Gasteiger partial charge in [-0.1, -0.05) is 146 Å². The van der Waals surface area contributed by atoms with E-state index in [1.54, 1.807) is 0 Å². The van der Waals surface area contributed by atoms with Gasteiger partial charge in [-0.25, -0.2) is 0 Å². The van der Waals surface area contributed by atoms with Gasteiger partial charge in [-0.05, 0) is 110 Å². The molecule has 202 valence electrons. The number of fused-ring (bicyclic) bond motifs is 7. The highest BCUT2D eigenvalue weighted by atomic mass is 14.2. The Morgan fingerprint density at radius 2 is 0.705 bits per heavy atom. The van der Waals surface area contributed by atoms with Crippen LogP contribution >= 0.6 is 0 Å². The van der Waals surface area contributed by atoms with E-state index >= 15 is 0 Å². The van der Waals surface area contributed by atoms with Gasteiger partial charge in [-0.15, -0.1) is 0 Å². The second kappa shape index (κ2) is 8.89. The summed E-state index contributed by atoms with van der Waals surface area (Å²) in [5.41, 5.74) is 5.05. The average molecular weight is 555 g/mol. The number of hydrogen-bond acceptors (Lipinski definition) is 0. The van der Waals surface area contributed by atoms with Gasteiger partial charge in [0.05, 0.1) is 0 Å². The molecule has 0 heterocycles. The molecule has 0 atom stereocenters. The van der Waals surface area contributed by atoms with Crippen LogP contribution in [0.25, 0.3) is 97.7 Å². The lowest BCUT2D eigenvalue weighted by atomic mass is 9.88. The first-order valence-electron chi connectivity index (χ1n) is 15.4. The Balaban J connectivity index is 1.17. The maximum Gasteiger partial charge on any atom is -0.00206 e. The molecule has 0 unspecified atom stereocenters. The van der Waals surface area contributed by atoms with E-state index in [0.29, 0.717) is 0 Å². The van der Waals surface area contributed by atoms with Gasteiger partial charge in [-0.3, -0.25) is 0 Å². The second-order valence-corrected chi connectivity index (χ2v) is 12.1. The fourth-order valence-corrected chi connectivity index (χ4v) is 7.77. The summed E-state index contributed by atoms with van der Waals surface area (Å²) < 4.78 is 0. The summed E-state index contributed by atoms with van der Waals surface area (Å²) in [5.74, 6) is 0. The molecule has 0 aromatic heterocycles. The normalized spacial score (nSPS) is 12.1. The van der Waals surface area contributed by atoms with E-state index in [1.165, 1.54) is 97.7 Å². The highest BCUT2D eigenvalue weighted by molar-refractivity contribution is 6.27. The predicted octanol–water partition coefficient (Wildman–Crippen LogP) is 12.5. The van der Waals surface area contributed by atoms with Crippen LogP contribution in [0.4, 0.5) is 0 Å². The van der Waals surface area contributed by atoms with E-state index < -0.39 is 0 Å². The molecular weight excluding hydrogens is 528 g/mol. The molecule has 0 saturated heterocycles. The van der Waals surface area contributed by atoms with E-state index in [0.717, 1.165) is 0 Å². The van der Waals surface area contributed by atoms with Crippen LogP contribution in [0, 0.1) is 0 Å². The van der Waals surface area contributed by atoms with Crippen molar-refractivity contribution in [2.45, 2.75) is 0 Å². The van der Waals surface area contributed by atoms with Crippen molar-refractivity contribution in [1.82, 2.24) is 0 Å². The lowest BCUT2D eigenvalue weighted by Crippen LogP contribution is -1.88. The van der Waals surface area contributed by atoms with Gasteiger partial charge in [0.2, 0.25) is 0 Å². The fraction of sp³-hybridized carbons (Fsp3) is 0. The van der Waals surface area contributed by atoms with Crippen molar-refractivity contribution in [3.05, 3.63) is 158 Å². The van der Waals surface area contributed by atoms with Crippen molar-refractivity contribution < 1.29 is 0 Å². The zero-order valence-corrected chi connectivity index (χ0v) is 24.0. The van der Waals surface area contributed by atoms with Crippen molar-refractivity contribution in [2.75, 3.05) is 0 Å². The maximum atomic E-state index is 2.40. The van der Waals surface area contributed by atoms with E-state index in [-0.39, 0.29) is 0 Å². The molecule has 0 saturated carbocycles. The van der Waals surface area contributed by atoms with Gasteiger partial charge in [-0.2, -0.15) is 0 Å². The minimum Gasteiger partial charge on any atom is -0.0616 e. The number of rotatable bonds is 2. The Morgan fingerprint density at radius 1 is 0.227 bits per heavy atom. The first-order valence-corrected chi connectivity index (χ1v) is 15.4. The van der Waals surface area contributed by atoms with E-state index in [2.05, 4.69) is 158 Å². The van der Waals surface area contributed by atoms with Crippen molar-refractivity contribution in [2.24, 2.45) is 0 Å². The molecule has 10 aromatic carbocycles. The quantitative estimate of drug-likeness (QED) is 0.186. The molecule has 0 heteroatoms. The summed E-state index contributed by atoms with van der Waals surface area (Å²) in [6, 6.07) is 58.6. The number of benzene rings is 10. The summed E-state index contributed by atoms with van der Waals surface area (Å²) in [6.45, 7) is 0. The van der Waals surface area contributed by atoms with Crippen molar-refractivity contribution in [1.29, 1.82) is 0 Å². The molecule has 44 heavy (non-hydrogen) atoms. The summed E-state index contributed by atoms with van der Waals surface area (Å²) in [4.78, 5) is 0. The van der Waals surface area contributed by atoms with Crippen LogP contribution in [-0.4, -0.2) is 0 Å². The van der Waals surface area contributed by atoms with E-state index in [4.69, 9.17) is 0 Å². The SMILES string of the molecule is c1cc(-c2ccc3c4ccccc4c4ccccc4c3c2)c2ccc(-c3ccc4ccc5cccc6ccc3c4c56)cc2c1. The van der Waals surface area contributed by atoms with Crippen molar-refractivity contribution >= 4 is 75.4 Å². The van der Waals surface area contributed by atoms with Crippen LogP contribution in [0.5, 0.6) is 0 Å². The van der Waals surface area contributed by atoms with Crippen LogP contribution in [0.15, 0.2) is 158 Å². The summed E-state index contributed by atoms with van der Waals surface area (Å²) >= 11 is 0. The van der Waals surface area contributed by atoms with Crippen LogP contribution < -0.4 is 0 Å². The Bertz CT molecular complexity index is 2710. The van der Waals surface area contributed by atoms with E-state index in [9.17, 15) is 0 Å². The molecule has 0 aliphatic rings. The Labute approximate surface area is 254 Å². The molecule has 10 aromatic rings. The van der Waals surface area contributed by atoms with Gasteiger partial charge in [0.15, 0.2) is 0 Å². The van der Waals surface area contributed by atoms with Gasteiger partial charge in [0, 0.05) is 0 Å². The van der Waals surface area contributed by atoms with Crippen LogP contribution in [0.2, 0.25) is 0 Å². The smallest absolute Gasteiger partial charge is 0.00206 e. The molecule has 0 aliphatic heterocycles. The summed E-state index contributed by atoms with van der Waals surface area (Å²) in [6.07, 6.45) is 0. The lowest BCUT2D eigenvalue weighted by Gasteiger charge is -2.15. The molecule has 0 aliphatic carbocycles. The minimum absolute atomic E-state index is 1.25. The molecule has 0 bridgehead atoms. The third kappa shape index (κ3) is 3.28. The standard InChI is InChI=1S/C44H26/c1-2-12-38-36(10-1)37-11-3-4-13-39(37)42-26-32(20-23-40(38)42)33-14-6-9-30-25-31(19-22-34(30)33)35-21-17-29-16-15-27-7-5-8-28-18-24-41(35)44(29)43(27)28/h1-26H. The van der Waals surface area contributed by atoms with Crippen LogP contribution in [0.1, 0.15) is 0 Å². The average Bonchev–Trinajstić information content (AvgIpc) is 3.10. The second-order valence-electron chi connectivity index (χ2n) is 12.1. The predicted molar refractivity (Wildman–Crippen MR) is 191 cm³/mol. The first kappa shape index (κ1) is 23.8. The van der Waals surface area contributed by atoms with Crippen LogP contribution in [-0.2, 0) is 0 Å². The molecule has 0 radical (unpaired) electrons.